The van der Waals surface area contributed by atoms with E-state index >= 15 is 0 Å². The second-order valence-electron chi connectivity index (χ2n) is 3.89. The zero-order chi connectivity index (χ0) is 14.4. The van der Waals surface area contributed by atoms with Crippen molar-refractivity contribution >= 4 is 41.3 Å². The van der Waals surface area contributed by atoms with Crippen LogP contribution in [0.5, 0.6) is 0 Å². The van der Waals surface area contributed by atoms with Crippen molar-refractivity contribution in [2.75, 3.05) is 25.3 Å². The van der Waals surface area contributed by atoms with Gasteiger partial charge in [-0.25, -0.2) is 0 Å². The molecular weight excluding hydrogens is 282 g/mol. The minimum atomic E-state index is -0.183. The maximum absolute atomic E-state index is 12.2. The number of anilines is 1. The Hall–Kier alpha value is -1.46. The summed E-state index contributed by atoms with van der Waals surface area (Å²) >= 11 is 7.52. The van der Waals surface area contributed by atoms with Gasteiger partial charge in [0, 0.05) is 19.5 Å². The van der Waals surface area contributed by atoms with Gasteiger partial charge in [-0.1, -0.05) is 23.7 Å². The normalized spacial score (nSPS) is 11.1. The number of benzene rings is 1. The number of nitrogens with zero attached hydrogens (tertiary/aromatic N) is 2. The number of likely N-dealkylation sites (N-methyl/N-ethyl adjacent to an activating group) is 1. The molecule has 0 saturated carbocycles. The van der Waals surface area contributed by atoms with E-state index in [0.717, 1.165) is 6.34 Å². The molecule has 0 unspecified atom stereocenters. The average molecular weight is 298 g/mol. The van der Waals surface area contributed by atoms with Crippen LogP contribution in [0.3, 0.4) is 0 Å². The predicted molar refractivity (Wildman–Crippen MR) is 83.0 cm³/mol. The quantitative estimate of drug-likeness (QED) is 0.516. The molecule has 102 valence electrons. The van der Waals surface area contributed by atoms with Crippen molar-refractivity contribution in [1.29, 1.82) is 5.41 Å². The van der Waals surface area contributed by atoms with Gasteiger partial charge in [-0.15, -0.1) is 11.8 Å². The third-order valence-corrected chi connectivity index (χ3v) is 3.13. The molecule has 0 aliphatic carbocycles. The van der Waals surface area contributed by atoms with E-state index in [9.17, 15) is 4.79 Å². The molecule has 0 spiro atoms. The van der Waals surface area contributed by atoms with Gasteiger partial charge in [0.25, 0.3) is 5.91 Å². The molecule has 1 rings (SSSR count). The molecule has 0 bridgehead atoms. The molecule has 0 saturated heterocycles. The van der Waals surface area contributed by atoms with E-state index in [2.05, 4.69) is 0 Å². The van der Waals surface area contributed by atoms with Gasteiger partial charge in [-0.2, -0.15) is 0 Å². The molecule has 0 aliphatic rings. The lowest BCUT2D eigenvalue weighted by Crippen LogP contribution is -2.33. The Balaban J connectivity index is 3.26. The first kappa shape index (κ1) is 15.6. The van der Waals surface area contributed by atoms with Crippen molar-refractivity contribution in [3.8, 4) is 0 Å². The van der Waals surface area contributed by atoms with Crippen LogP contribution in [0.25, 0.3) is 0 Å². The highest BCUT2D eigenvalue weighted by molar-refractivity contribution is 8.01. The highest BCUT2D eigenvalue weighted by Crippen LogP contribution is 2.28. The van der Waals surface area contributed by atoms with Crippen LogP contribution in [0.15, 0.2) is 35.4 Å². The van der Waals surface area contributed by atoms with Crippen LogP contribution in [-0.2, 0) is 4.79 Å². The van der Waals surface area contributed by atoms with Crippen LogP contribution in [-0.4, -0.2) is 37.5 Å². The van der Waals surface area contributed by atoms with Gasteiger partial charge in [0.2, 0.25) is 0 Å². The average Bonchev–Trinajstić information content (AvgIpc) is 2.39. The smallest absolute Gasteiger partial charge is 0.270 e. The number of hydrogen-bond donors (Lipinski definition) is 1. The molecule has 0 aromatic heterocycles. The highest BCUT2D eigenvalue weighted by Gasteiger charge is 2.20. The van der Waals surface area contributed by atoms with Crippen LogP contribution in [0.1, 0.15) is 0 Å². The van der Waals surface area contributed by atoms with Gasteiger partial charge in [-0.05, 0) is 18.4 Å². The van der Waals surface area contributed by atoms with Crippen LogP contribution < -0.4 is 4.90 Å². The van der Waals surface area contributed by atoms with E-state index in [1.54, 1.807) is 37.7 Å². The molecule has 0 atom stereocenters. The first-order valence-corrected chi connectivity index (χ1v) is 7.18. The molecule has 1 aromatic carbocycles. The number of rotatable bonds is 5. The molecular formula is C13H16ClN3OS. The van der Waals surface area contributed by atoms with Crippen LogP contribution in [0.2, 0.25) is 5.02 Å². The predicted octanol–water partition coefficient (Wildman–Crippen LogP) is 3.05. The van der Waals surface area contributed by atoms with E-state index in [1.807, 2.05) is 12.3 Å². The molecule has 1 N–H and O–H groups in total. The summed E-state index contributed by atoms with van der Waals surface area (Å²) in [5.41, 5.74) is 0.996. The Bertz CT molecular complexity index is 502. The molecule has 1 aromatic rings. The molecule has 0 fully saturated rings. The summed E-state index contributed by atoms with van der Waals surface area (Å²) in [4.78, 5) is 15.1. The fraction of sp³-hybridized carbons (Fsp3) is 0.231. The lowest BCUT2D eigenvalue weighted by Gasteiger charge is -2.24. The summed E-state index contributed by atoms with van der Waals surface area (Å²) < 4.78 is 0. The molecule has 1 amide bonds. The van der Waals surface area contributed by atoms with Crippen molar-refractivity contribution < 1.29 is 4.79 Å². The molecule has 19 heavy (non-hydrogen) atoms. The Labute approximate surface area is 122 Å². The van der Waals surface area contributed by atoms with Crippen LogP contribution >= 0.6 is 23.4 Å². The largest absolute Gasteiger partial charge is 0.343 e. The van der Waals surface area contributed by atoms with Gasteiger partial charge in [0.05, 0.1) is 17.0 Å². The van der Waals surface area contributed by atoms with Gasteiger partial charge in [0.15, 0.2) is 0 Å². The molecule has 0 aliphatic heterocycles. The van der Waals surface area contributed by atoms with E-state index in [0.29, 0.717) is 16.4 Å². The van der Waals surface area contributed by atoms with Crippen LogP contribution in [0.4, 0.5) is 5.69 Å². The zero-order valence-electron chi connectivity index (χ0n) is 11.1. The maximum Gasteiger partial charge on any atom is 0.270 e. The fourth-order valence-electron chi connectivity index (χ4n) is 1.47. The van der Waals surface area contributed by atoms with E-state index in [1.165, 1.54) is 21.6 Å². The lowest BCUT2D eigenvalue weighted by molar-refractivity contribution is -0.124. The molecule has 0 heterocycles. The third-order valence-electron chi connectivity index (χ3n) is 2.36. The van der Waals surface area contributed by atoms with E-state index in [-0.39, 0.29) is 5.91 Å². The monoisotopic (exact) mass is 297 g/mol. The number of nitrogens with one attached hydrogen (secondary N) is 1. The SMILES string of the molecule is CS/C=C(/C(=O)N(C)C)N(C=N)c1ccccc1Cl. The maximum atomic E-state index is 12.2. The summed E-state index contributed by atoms with van der Waals surface area (Å²) in [5.74, 6) is -0.183. The van der Waals surface area contributed by atoms with Gasteiger partial charge in [0.1, 0.15) is 5.70 Å². The van der Waals surface area contributed by atoms with Gasteiger partial charge >= 0.3 is 0 Å². The summed E-state index contributed by atoms with van der Waals surface area (Å²) in [7, 11) is 3.34. The van der Waals surface area contributed by atoms with Gasteiger partial charge < -0.3 is 4.90 Å². The standard InChI is InChI=1S/C13H16ClN3OS/c1-16(2)13(18)12(8-19-3)17(9-15)11-7-5-4-6-10(11)14/h4-9,15H,1-3H3/b12-8-,15-9?. The third kappa shape index (κ3) is 3.75. The Morgan fingerprint density at radius 3 is 2.47 bits per heavy atom. The minimum Gasteiger partial charge on any atom is -0.343 e. The second kappa shape index (κ2) is 7.21. The second-order valence-corrected chi connectivity index (χ2v) is 5.00. The number of carbonyl (C=O) groups excluding carboxylic acids is 1. The summed E-state index contributed by atoms with van der Waals surface area (Å²) in [6.07, 6.45) is 2.95. The summed E-state index contributed by atoms with van der Waals surface area (Å²) in [6, 6.07) is 7.11. The summed E-state index contributed by atoms with van der Waals surface area (Å²) in [6.45, 7) is 0. The van der Waals surface area contributed by atoms with Crippen LogP contribution in [0, 0.1) is 5.41 Å². The van der Waals surface area contributed by atoms with E-state index in [4.69, 9.17) is 17.0 Å². The van der Waals surface area contributed by atoms with Crippen molar-refractivity contribution in [2.24, 2.45) is 0 Å². The fourth-order valence-corrected chi connectivity index (χ4v) is 2.13. The number of para-hydroxylation sites is 1. The van der Waals surface area contributed by atoms with Gasteiger partial charge in [-0.3, -0.25) is 15.1 Å². The Morgan fingerprint density at radius 2 is 2.00 bits per heavy atom. The van der Waals surface area contributed by atoms with E-state index < -0.39 is 0 Å². The highest BCUT2D eigenvalue weighted by atomic mass is 35.5. The topological polar surface area (TPSA) is 47.4 Å². The molecule has 6 heteroatoms. The molecule has 0 radical (unpaired) electrons. The first-order valence-electron chi connectivity index (χ1n) is 5.52. The Morgan fingerprint density at radius 1 is 1.37 bits per heavy atom. The van der Waals surface area contributed by atoms with Crippen molar-refractivity contribution in [2.45, 2.75) is 0 Å². The van der Waals surface area contributed by atoms with Crippen molar-refractivity contribution in [3.05, 3.63) is 40.4 Å². The Kier molecular flexibility index (Phi) is 5.92. The number of amides is 1. The van der Waals surface area contributed by atoms with Crippen molar-refractivity contribution in [1.82, 2.24) is 4.90 Å². The number of halogens is 1. The zero-order valence-corrected chi connectivity index (χ0v) is 12.6. The summed E-state index contributed by atoms with van der Waals surface area (Å²) in [5, 5.41) is 9.75. The number of hydrogen-bond acceptors (Lipinski definition) is 3. The minimum absolute atomic E-state index is 0.183. The first-order chi connectivity index (χ1) is 9.02. The van der Waals surface area contributed by atoms with Crippen molar-refractivity contribution in [3.63, 3.8) is 0 Å². The molecule has 4 nitrogen and oxygen atoms in total. The number of thioether (sulfide) groups is 1. The lowest BCUT2D eigenvalue weighted by atomic mass is 10.2. The number of carbonyl (C=O) groups is 1.